The number of aromatic nitrogens is 3. The van der Waals surface area contributed by atoms with Crippen molar-refractivity contribution in [3.05, 3.63) is 5.69 Å². The molecule has 1 aliphatic heterocycles. The first kappa shape index (κ1) is 13.8. The summed E-state index contributed by atoms with van der Waals surface area (Å²) in [6, 6.07) is 0.300. The topological polar surface area (TPSA) is 55.2 Å². The molecule has 0 radical (unpaired) electrons. The average molecular weight is 295 g/mol. The van der Waals surface area contributed by atoms with Gasteiger partial charge in [0.15, 0.2) is 10.8 Å². The molecule has 0 aliphatic carbocycles. The summed E-state index contributed by atoms with van der Waals surface area (Å²) < 4.78 is 8.82. The molecular formula is C13H21N5OS. The first-order chi connectivity index (χ1) is 9.58. The van der Waals surface area contributed by atoms with Gasteiger partial charge in [-0.05, 0) is 20.9 Å². The van der Waals surface area contributed by atoms with Crippen molar-refractivity contribution in [1.29, 1.82) is 0 Å². The summed E-state index contributed by atoms with van der Waals surface area (Å²) in [5, 5.41) is 8.88. The minimum absolute atomic E-state index is 0.233. The Morgan fingerprint density at radius 3 is 2.90 bits per heavy atom. The van der Waals surface area contributed by atoms with Gasteiger partial charge in [0.05, 0.1) is 22.5 Å². The second-order valence-electron chi connectivity index (χ2n) is 5.35. The summed E-state index contributed by atoms with van der Waals surface area (Å²) in [7, 11) is 4.06. The van der Waals surface area contributed by atoms with Crippen LogP contribution in [-0.4, -0.2) is 58.6 Å². The van der Waals surface area contributed by atoms with Crippen LogP contribution in [0.25, 0.3) is 10.3 Å². The monoisotopic (exact) mass is 295 g/mol. The molecule has 3 rings (SSSR count). The van der Waals surface area contributed by atoms with Crippen molar-refractivity contribution in [3.63, 3.8) is 0 Å². The Hall–Kier alpha value is -1.18. The van der Waals surface area contributed by atoms with Crippen LogP contribution in [0.2, 0.25) is 0 Å². The summed E-state index contributed by atoms with van der Waals surface area (Å²) >= 11 is 1.67. The van der Waals surface area contributed by atoms with Gasteiger partial charge in [-0.25, -0.2) is 9.67 Å². The molecule has 110 valence electrons. The highest BCUT2D eigenvalue weighted by Gasteiger charge is 2.32. The van der Waals surface area contributed by atoms with Gasteiger partial charge < -0.3 is 15.0 Å². The Balaban J connectivity index is 1.80. The van der Waals surface area contributed by atoms with E-state index in [2.05, 4.69) is 27.3 Å². The highest BCUT2D eigenvalue weighted by molar-refractivity contribution is 7.22. The Kier molecular flexibility index (Phi) is 3.66. The number of fused-ring (bicyclic) bond motifs is 1. The molecule has 1 fully saturated rings. The molecule has 0 aromatic carbocycles. The zero-order valence-electron chi connectivity index (χ0n) is 12.4. The summed E-state index contributed by atoms with van der Waals surface area (Å²) in [5.74, 6) is 0. The second-order valence-corrected chi connectivity index (χ2v) is 6.35. The standard InChI is InChI=1S/C13H21N5OS/c1-5-19-10-7-17(3)6-9(10)14-13-15-12-11(20-13)8(2)16-18(12)4/h9-10H,5-7H2,1-4H3,(H,14,15)/t9-,10-/m0/s1. The normalized spacial score (nSPS) is 23.8. The Bertz CT molecular complexity index is 573. The number of nitrogens with one attached hydrogen (secondary N) is 1. The fraction of sp³-hybridized carbons (Fsp3) is 0.692. The van der Waals surface area contributed by atoms with Gasteiger partial charge in [-0.3, -0.25) is 0 Å². The summed E-state index contributed by atoms with van der Waals surface area (Å²) in [6.07, 6.45) is 0.233. The molecule has 0 amide bonds. The Labute approximate surface area is 122 Å². The van der Waals surface area contributed by atoms with Gasteiger partial charge in [0, 0.05) is 26.7 Å². The van der Waals surface area contributed by atoms with Crippen LogP contribution < -0.4 is 5.32 Å². The van der Waals surface area contributed by atoms with E-state index in [0.29, 0.717) is 6.04 Å². The van der Waals surface area contributed by atoms with Crippen LogP contribution in [-0.2, 0) is 11.8 Å². The van der Waals surface area contributed by atoms with Crippen LogP contribution in [0.15, 0.2) is 0 Å². The Morgan fingerprint density at radius 2 is 2.20 bits per heavy atom. The SMILES string of the molecule is CCO[C@H]1CN(C)C[C@@H]1Nc1nc2c(s1)c(C)nn2C. The molecule has 1 aliphatic rings. The molecule has 20 heavy (non-hydrogen) atoms. The lowest BCUT2D eigenvalue weighted by Gasteiger charge is -2.19. The van der Waals surface area contributed by atoms with Crippen LogP contribution >= 0.6 is 11.3 Å². The number of hydrogen-bond donors (Lipinski definition) is 1. The lowest BCUT2D eigenvalue weighted by molar-refractivity contribution is 0.0653. The zero-order valence-corrected chi connectivity index (χ0v) is 13.2. The van der Waals surface area contributed by atoms with E-state index in [0.717, 1.165) is 40.9 Å². The minimum atomic E-state index is 0.233. The van der Waals surface area contributed by atoms with E-state index in [9.17, 15) is 0 Å². The van der Waals surface area contributed by atoms with Gasteiger partial charge in [-0.15, -0.1) is 0 Å². The van der Waals surface area contributed by atoms with Gasteiger partial charge in [-0.2, -0.15) is 5.10 Å². The summed E-state index contributed by atoms with van der Waals surface area (Å²) in [5.41, 5.74) is 1.99. The average Bonchev–Trinajstić information content (AvgIpc) is 3.01. The number of aryl methyl sites for hydroxylation is 2. The molecule has 0 bridgehead atoms. The predicted molar refractivity (Wildman–Crippen MR) is 81.4 cm³/mol. The number of likely N-dealkylation sites (tertiary alicyclic amines) is 1. The number of ether oxygens (including phenoxy) is 1. The molecule has 2 aromatic heterocycles. The second kappa shape index (κ2) is 5.31. The molecule has 7 heteroatoms. The molecule has 6 nitrogen and oxygen atoms in total. The molecule has 2 atom stereocenters. The van der Waals surface area contributed by atoms with E-state index in [1.165, 1.54) is 0 Å². The van der Waals surface area contributed by atoms with E-state index in [-0.39, 0.29) is 6.10 Å². The van der Waals surface area contributed by atoms with Gasteiger partial charge in [0.2, 0.25) is 0 Å². The van der Waals surface area contributed by atoms with Gasteiger partial charge >= 0.3 is 0 Å². The van der Waals surface area contributed by atoms with Crippen LogP contribution in [0.4, 0.5) is 5.13 Å². The van der Waals surface area contributed by atoms with E-state index in [4.69, 9.17) is 4.74 Å². The molecule has 0 saturated carbocycles. The zero-order chi connectivity index (χ0) is 14.3. The number of likely N-dealkylation sites (N-methyl/N-ethyl adjacent to an activating group) is 1. The predicted octanol–water partition coefficient (Wildman–Crippen LogP) is 1.47. The van der Waals surface area contributed by atoms with Crippen LogP contribution in [0.5, 0.6) is 0 Å². The third-order valence-electron chi connectivity index (χ3n) is 3.68. The molecule has 3 heterocycles. The van der Waals surface area contributed by atoms with Crippen molar-refractivity contribution in [1.82, 2.24) is 19.7 Å². The molecule has 1 N–H and O–H groups in total. The molecule has 0 spiro atoms. The number of thiazole rings is 1. The smallest absolute Gasteiger partial charge is 0.185 e. The highest BCUT2D eigenvalue weighted by atomic mass is 32.1. The summed E-state index contributed by atoms with van der Waals surface area (Å²) in [4.78, 5) is 6.94. The van der Waals surface area contributed by atoms with Crippen molar-refractivity contribution in [3.8, 4) is 0 Å². The maximum Gasteiger partial charge on any atom is 0.185 e. The van der Waals surface area contributed by atoms with Crippen molar-refractivity contribution in [2.75, 3.05) is 32.1 Å². The third-order valence-corrected chi connectivity index (χ3v) is 4.77. The minimum Gasteiger partial charge on any atom is -0.375 e. The highest BCUT2D eigenvalue weighted by Crippen LogP contribution is 2.29. The maximum absolute atomic E-state index is 5.82. The van der Waals surface area contributed by atoms with E-state index < -0.39 is 0 Å². The van der Waals surface area contributed by atoms with Crippen LogP contribution in [0.3, 0.4) is 0 Å². The van der Waals surface area contributed by atoms with Gasteiger partial charge in [-0.1, -0.05) is 11.3 Å². The molecule has 0 unspecified atom stereocenters. The van der Waals surface area contributed by atoms with Crippen molar-refractivity contribution in [2.24, 2.45) is 7.05 Å². The number of rotatable bonds is 4. The van der Waals surface area contributed by atoms with E-state index >= 15 is 0 Å². The fourth-order valence-corrected chi connectivity index (χ4v) is 3.78. The van der Waals surface area contributed by atoms with Crippen molar-refractivity contribution >= 4 is 26.8 Å². The maximum atomic E-state index is 5.82. The number of nitrogens with zero attached hydrogens (tertiary/aromatic N) is 4. The first-order valence-electron chi connectivity index (χ1n) is 6.95. The van der Waals surface area contributed by atoms with E-state index in [1.54, 1.807) is 11.3 Å². The third kappa shape index (κ3) is 2.41. The molecule has 1 saturated heterocycles. The van der Waals surface area contributed by atoms with Gasteiger partial charge in [0.1, 0.15) is 0 Å². The quantitative estimate of drug-likeness (QED) is 0.925. The van der Waals surface area contributed by atoms with Crippen LogP contribution in [0.1, 0.15) is 12.6 Å². The molecular weight excluding hydrogens is 274 g/mol. The molecule has 2 aromatic rings. The van der Waals surface area contributed by atoms with Crippen molar-refractivity contribution < 1.29 is 4.74 Å². The first-order valence-corrected chi connectivity index (χ1v) is 7.77. The van der Waals surface area contributed by atoms with Crippen molar-refractivity contribution in [2.45, 2.75) is 26.0 Å². The van der Waals surface area contributed by atoms with E-state index in [1.807, 2.05) is 25.6 Å². The van der Waals surface area contributed by atoms with Gasteiger partial charge in [0.25, 0.3) is 0 Å². The Morgan fingerprint density at radius 1 is 1.40 bits per heavy atom. The lowest BCUT2D eigenvalue weighted by Crippen LogP contribution is -2.34. The van der Waals surface area contributed by atoms with Crippen LogP contribution in [0, 0.1) is 6.92 Å². The fourth-order valence-electron chi connectivity index (χ4n) is 2.79. The number of anilines is 1. The largest absolute Gasteiger partial charge is 0.375 e. The summed E-state index contributed by atoms with van der Waals surface area (Å²) in [6.45, 7) is 6.77. The number of hydrogen-bond acceptors (Lipinski definition) is 6. The lowest BCUT2D eigenvalue weighted by atomic mass is 10.2.